The van der Waals surface area contributed by atoms with Crippen molar-refractivity contribution in [3.8, 4) is 23.0 Å². The number of amides is 7. The van der Waals surface area contributed by atoms with Gasteiger partial charge in [0.05, 0.1) is 100 Å². The minimum atomic E-state index is -0.867. The van der Waals surface area contributed by atoms with Crippen LogP contribution in [-0.2, 0) is 55.6 Å². The molecule has 0 bridgehead atoms. The number of nitrogens with zero attached hydrogens (tertiary/aromatic N) is 6. The number of esters is 2. The molecule has 0 spiro atoms. The molecule has 4 aliphatic rings. The van der Waals surface area contributed by atoms with Crippen LogP contribution < -0.4 is 61.1 Å². The Kier molecular flexibility index (Phi) is 25.0. The van der Waals surface area contributed by atoms with Crippen LogP contribution in [0.15, 0.2) is 165 Å². The SMILES string of the molecule is C.COC(=O)CCNC(=O)c1cc2cc(NC(=O)c3cc(N)cn3C)ccc2o1.COC(=O)CCNC(=O)c1cc2cc(NC(=O)c3cc(NC(=O)CCCOc4cc5c(cc4OC)C(=O)N4c6ccccc6C[C@H]4C=N5)cn3C)ccc2o1.COc1cc2c(cc1OCCCC(=O)O)N=C[C@@H]1Cc3ccccc3N1C2=O. The summed E-state index contributed by atoms with van der Waals surface area (Å²) in [5.74, 6) is -2.07. The van der Waals surface area contributed by atoms with Crippen LogP contribution in [0.1, 0.15) is 120 Å². The smallest absolute Gasteiger partial charge is 0.307 e. The molecule has 2 atom stereocenters. The largest absolute Gasteiger partial charge is 0.493 e. The summed E-state index contributed by atoms with van der Waals surface area (Å²) in [6, 6.07) is 38.3. The van der Waals surface area contributed by atoms with Gasteiger partial charge in [0.25, 0.3) is 35.4 Å². The van der Waals surface area contributed by atoms with Crippen LogP contribution in [0.25, 0.3) is 21.9 Å². The summed E-state index contributed by atoms with van der Waals surface area (Å²) in [5.41, 5.74) is 15.2. The van der Waals surface area contributed by atoms with E-state index in [1.807, 2.05) is 48.5 Å². The standard InChI is InChI=1S/C40H38N6O9.C21H20N2O5.C19H20N4O5.CH4/c1-45-22-26(18-31(45)38(49)44-25-10-11-32-24(15-25)17-35(55-32)39(50)41-13-12-37(48)53-3)43-36(47)9-6-14-54-34-20-29-28(19-33(34)52-2)40(51)46-27(21-42-29)16-23-7-4-5-8-30(23)46;1-27-18-10-15-16(11-19(18)28-8-4-7-20(24)25)22-12-14-9-13-5-2-3-6-17(13)23(14)21(15)26;1-23-10-12(20)9-14(23)18(25)22-13-3-4-15-11(7-13)8-16(28-15)19(26)21-6-5-17(24)27-2;/h4-5,7-8,10-11,15,17-22,27H,6,9,12-14,16H2,1-3H3,(H,41,50)(H,43,47)(H,44,49);2-3,5-6,10-12,14H,4,7-9H2,1H3,(H,24,25);3-4,7-10H,5-6,20H2,1-2H3,(H,21,26)(H,22,25);1H4/t27-;14-;;/m00../s1. The fourth-order valence-corrected chi connectivity index (χ4v) is 12.9. The molecule has 0 fully saturated rings. The second-order valence-corrected chi connectivity index (χ2v) is 25.9. The highest BCUT2D eigenvalue weighted by Crippen LogP contribution is 2.43. The fraction of sp³-hybridized carbons (Fsp3) is 0.259. The lowest BCUT2D eigenvalue weighted by molar-refractivity contribution is -0.141. The summed E-state index contributed by atoms with van der Waals surface area (Å²) in [6.07, 6.45) is 9.34. The molecule has 6 aromatic carbocycles. The number of aryl methyl sites for hydroxylation is 2. The van der Waals surface area contributed by atoms with Crippen molar-refractivity contribution in [1.82, 2.24) is 19.8 Å². The van der Waals surface area contributed by atoms with Gasteiger partial charge in [0.2, 0.25) is 5.91 Å². The molecule has 7 amide bonds. The molecule has 0 unspecified atom stereocenters. The number of furan rings is 2. The second kappa shape index (κ2) is 35.4. The number of rotatable bonds is 25. The molecule has 4 aromatic heterocycles. The van der Waals surface area contributed by atoms with Gasteiger partial charge in [0.1, 0.15) is 22.6 Å². The van der Waals surface area contributed by atoms with E-state index in [9.17, 15) is 47.9 Å². The van der Waals surface area contributed by atoms with Crippen molar-refractivity contribution in [2.24, 2.45) is 24.1 Å². The van der Waals surface area contributed by atoms with E-state index in [-0.39, 0.29) is 107 Å². The molecule has 0 radical (unpaired) electrons. The first kappa shape index (κ1) is 79.1. The van der Waals surface area contributed by atoms with E-state index >= 15 is 0 Å². The molecule has 112 heavy (non-hydrogen) atoms. The van der Waals surface area contributed by atoms with Gasteiger partial charge >= 0.3 is 17.9 Å². The zero-order valence-electron chi connectivity index (χ0n) is 61.2. The van der Waals surface area contributed by atoms with Gasteiger partial charge in [-0.3, -0.25) is 67.7 Å². The summed E-state index contributed by atoms with van der Waals surface area (Å²) in [6.45, 7) is 0.679. The Bertz CT molecular complexity index is 5360. The van der Waals surface area contributed by atoms with E-state index in [2.05, 4.69) is 46.0 Å². The Balaban J connectivity index is 0.000000183. The van der Waals surface area contributed by atoms with Gasteiger partial charge in [-0.05, 0) is 109 Å². The maximum absolute atomic E-state index is 13.7. The molecular weight excluding hydrogens is 1440 g/mol. The van der Waals surface area contributed by atoms with Gasteiger partial charge in [0, 0.05) is 123 Å². The third kappa shape index (κ3) is 18.2. The summed E-state index contributed by atoms with van der Waals surface area (Å²) in [7, 11) is 8.99. The first-order chi connectivity index (χ1) is 53.6. The van der Waals surface area contributed by atoms with Crippen molar-refractivity contribution < 1.29 is 90.3 Å². The Labute approximate surface area is 641 Å². The van der Waals surface area contributed by atoms with Crippen LogP contribution in [0.5, 0.6) is 23.0 Å². The van der Waals surface area contributed by atoms with Gasteiger partial charge in [-0.25, -0.2) is 0 Å². The number of aromatic nitrogens is 2. The van der Waals surface area contributed by atoms with Crippen molar-refractivity contribution in [2.75, 3.05) is 86.2 Å². The number of carbonyl (C=O) groups is 10. The molecule has 14 rings (SSSR count). The number of hydrogen-bond acceptors (Lipinski definition) is 21. The maximum atomic E-state index is 13.7. The number of anilines is 6. The molecule has 0 saturated carbocycles. The minimum Gasteiger partial charge on any atom is -0.493 e. The van der Waals surface area contributed by atoms with E-state index in [0.29, 0.717) is 121 Å². The van der Waals surface area contributed by atoms with Crippen molar-refractivity contribution >= 4 is 139 Å². The monoisotopic (exact) mass is 1530 g/mol. The molecule has 0 aliphatic carbocycles. The Morgan fingerprint density at radius 1 is 0.518 bits per heavy atom. The van der Waals surface area contributed by atoms with Crippen molar-refractivity contribution in [2.45, 2.75) is 70.9 Å². The lowest BCUT2D eigenvalue weighted by Crippen LogP contribution is -2.37. The van der Waals surface area contributed by atoms with E-state index in [0.717, 1.165) is 28.9 Å². The van der Waals surface area contributed by atoms with Gasteiger partial charge in [-0.1, -0.05) is 43.8 Å². The summed E-state index contributed by atoms with van der Waals surface area (Å²) >= 11 is 0. The number of nitrogens with two attached hydrogens (primary N) is 1. The topological polar surface area (TPSA) is 400 Å². The van der Waals surface area contributed by atoms with Crippen LogP contribution in [0.4, 0.5) is 45.5 Å². The van der Waals surface area contributed by atoms with Gasteiger partial charge in [-0.2, -0.15) is 0 Å². The van der Waals surface area contributed by atoms with E-state index in [1.54, 1.807) is 143 Å². The van der Waals surface area contributed by atoms with Crippen molar-refractivity contribution in [3.63, 3.8) is 0 Å². The number of aliphatic imine (C=N–C) groups is 2. The maximum Gasteiger partial charge on any atom is 0.307 e. The number of aliphatic carboxylic acids is 1. The number of ether oxygens (including phenoxy) is 6. The zero-order valence-corrected chi connectivity index (χ0v) is 61.2. The van der Waals surface area contributed by atoms with Crippen molar-refractivity contribution in [1.29, 1.82) is 0 Å². The van der Waals surface area contributed by atoms with Crippen LogP contribution in [0, 0.1) is 0 Å². The first-order valence-electron chi connectivity index (χ1n) is 35.2. The molecule has 31 nitrogen and oxygen atoms in total. The summed E-state index contributed by atoms with van der Waals surface area (Å²) in [4.78, 5) is 136. The van der Waals surface area contributed by atoms with E-state index in [4.69, 9.17) is 38.6 Å². The average molecular weight is 1530 g/mol. The lowest BCUT2D eigenvalue weighted by Gasteiger charge is -2.22. The number of hydrogen-bond donors (Lipinski definition) is 7. The highest BCUT2D eigenvalue weighted by molar-refractivity contribution is 6.16. The van der Waals surface area contributed by atoms with Gasteiger partial charge in [-0.15, -0.1) is 0 Å². The molecule has 8 N–H and O–H groups in total. The van der Waals surface area contributed by atoms with Crippen LogP contribution >= 0.6 is 0 Å². The predicted molar refractivity (Wildman–Crippen MR) is 418 cm³/mol. The molecule has 10 aromatic rings. The van der Waals surface area contributed by atoms with Gasteiger partial charge in [0.15, 0.2) is 34.5 Å². The fourth-order valence-electron chi connectivity index (χ4n) is 12.9. The molecule has 8 heterocycles. The summed E-state index contributed by atoms with van der Waals surface area (Å²) < 4.78 is 46.1. The molecule has 580 valence electrons. The van der Waals surface area contributed by atoms with E-state index in [1.165, 1.54) is 28.4 Å². The van der Waals surface area contributed by atoms with Crippen LogP contribution in [0.2, 0.25) is 0 Å². The minimum absolute atomic E-state index is 0. The summed E-state index contributed by atoms with van der Waals surface area (Å²) in [5, 5.41) is 23.6. The van der Waals surface area contributed by atoms with Crippen molar-refractivity contribution in [3.05, 3.63) is 191 Å². The zero-order chi connectivity index (χ0) is 78.6. The van der Waals surface area contributed by atoms with Crippen LogP contribution in [0.3, 0.4) is 0 Å². The molecule has 31 heteroatoms. The number of carboxylic acid groups (broad SMARTS) is 1. The lowest BCUT2D eigenvalue weighted by atomic mass is 10.1. The Hall–Kier alpha value is -14.0. The highest BCUT2D eigenvalue weighted by Gasteiger charge is 2.38. The number of fused-ring (bicyclic) bond motifs is 10. The normalized spacial score (nSPS) is 13.8. The number of methoxy groups -OCH3 is 4. The number of benzene rings is 6. The number of nitrogen functional groups attached to an aromatic ring is 1. The predicted octanol–water partition coefficient (Wildman–Crippen LogP) is 11.2. The number of carbonyl (C=O) groups excluding carboxylic acids is 9. The van der Waals surface area contributed by atoms with E-state index < -0.39 is 35.6 Å². The highest BCUT2D eigenvalue weighted by atomic mass is 16.5. The quantitative estimate of drug-likeness (QED) is 0.0206. The van der Waals surface area contributed by atoms with Crippen LogP contribution in [-0.4, -0.2) is 153 Å². The Morgan fingerprint density at radius 3 is 1.42 bits per heavy atom. The number of nitrogens with one attached hydrogen (secondary N) is 5. The number of carboxylic acids is 1. The molecule has 0 saturated heterocycles. The second-order valence-electron chi connectivity index (χ2n) is 25.9. The molecule has 4 aliphatic heterocycles. The third-order valence-electron chi connectivity index (χ3n) is 18.3. The molecular formula is C81H82N12O19. The average Bonchev–Trinajstić information content (AvgIpc) is 1.61. The van der Waals surface area contributed by atoms with Gasteiger partial charge < -0.3 is 83.8 Å². The first-order valence-corrected chi connectivity index (χ1v) is 35.2. The third-order valence-corrected chi connectivity index (χ3v) is 18.3. The number of para-hydroxylation sites is 2. The Morgan fingerprint density at radius 2 is 0.973 bits per heavy atom.